The molecule has 8 nitrogen and oxygen atoms in total. The fourth-order valence-electron chi connectivity index (χ4n) is 6.01. The van der Waals surface area contributed by atoms with Crippen LogP contribution in [0.2, 0.25) is 0 Å². The number of benzene rings is 2. The van der Waals surface area contributed by atoms with Crippen LogP contribution in [0.1, 0.15) is 50.1 Å². The van der Waals surface area contributed by atoms with E-state index in [1.165, 1.54) is 16.8 Å². The van der Waals surface area contributed by atoms with Crippen LogP contribution in [0.5, 0.6) is 0 Å². The van der Waals surface area contributed by atoms with Crippen molar-refractivity contribution in [3.05, 3.63) is 66.0 Å². The minimum absolute atomic E-state index is 0.141. The molecule has 3 aliphatic rings. The normalized spacial score (nSPS) is 23.8. The highest BCUT2D eigenvalue weighted by molar-refractivity contribution is 8.24. The summed E-state index contributed by atoms with van der Waals surface area (Å²) >= 11 is 0. The highest BCUT2D eigenvalue weighted by atomic mass is 32.3. The summed E-state index contributed by atoms with van der Waals surface area (Å²) in [5.41, 5.74) is 2.77. The molecule has 0 spiro atoms. The molecule has 0 bridgehead atoms. The average molecular weight is 582 g/mol. The first kappa shape index (κ1) is 27.7. The van der Waals surface area contributed by atoms with Crippen molar-refractivity contribution in [3.8, 4) is 22.9 Å². The summed E-state index contributed by atoms with van der Waals surface area (Å²) < 4.78 is 49.7. The van der Waals surface area contributed by atoms with Crippen molar-refractivity contribution in [2.45, 2.75) is 50.0 Å². The van der Waals surface area contributed by atoms with Gasteiger partial charge in [-0.15, -0.1) is 0 Å². The zero-order valence-corrected chi connectivity index (χ0v) is 23.4. The summed E-state index contributed by atoms with van der Waals surface area (Å²) in [7, 11) is -2.50. The highest BCUT2D eigenvalue weighted by Gasteiger charge is 2.47. The summed E-state index contributed by atoms with van der Waals surface area (Å²) in [5.74, 6) is -1.46. The van der Waals surface area contributed by atoms with Crippen molar-refractivity contribution < 1.29 is 22.7 Å². The van der Waals surface area contributed by atoms with Gasteiger partial charge in [0.25, 0.3) is 0 Å². The number of hydrogen-bond acceptors (Lipinski definition) is 6. The van der Waals surface area contributed by atoms with Crippen molar-refractivity contribution in [3.63, 3.8) is 0 Å². The molecule has 1 amide bonds. The third-order valence-corrected chi connectivity index (χ3v) is 10.2. The lowest BCUT2D eigenvalue weighted by Gasteiger charge is -2.41. The van der Waals surface area contributed by atoms with Crippen molar-refractivity contribution >= 4 is 22.2 Å². The number of carbonyl (C=O) groups is 1. The van der Waals surface area contributed by atoms with Gasteiger partial charge in [-0.1, -0.05) is 25.0 Å². The molecule has 1 aromatic heterocycles. The first-order valence-corrected chi connectivity index (χ1v) is 15.9. The third kappa shape index (κ3) is 5.82. The quantitative estimate of drug-likeness (QED) is 0.337. The van der Waals surface area contributed by atoms with Gasteiger partial charge in [-0.25, -0.2) is 13.5 Å². The Morgan fingerprint density at radius 3 is 2.32 bits per heavy atom. The molecule has 1 aliphatic heterocycles. The van der Waals surface area contributed by atoms with Gasteiger partial charge in [-0.2, -0.15) is 21.0 Å². The molecule has 2 aromatic carbocycles. The number of anilines is 1. The number of amides is 1. The highest BCUT2D eigenvalue weighted by Crippen LogP contribution is 2.44. The summed E-state index contributed by atoms with van der Waals surface area (Å²) in [5, 5.41) is 17.3. The lowest BCUT2D eigenvalue weighted by molar-refractivity contribution is -0.127. The van der Waals surface area contributed by atoms with E-state index in [2.05, 4.69) is 16.3 Å². The van der Waals surface area contributed by atoms with Crippen molar-refractivity contribution in [2.75, 3.05) is 29.5 Å². The molecule has 0 unspecified atom stereocenters. The molecule has 2 atom stereocenters. The fraction of sp³-hybridized carbons (Fsp3) is 0.433. The van der Waals surface area contributed by atoms with Gasteiger partial charge in [0.1, 0.15) is 17.2 Å². The number of halogens is 2. The predicted octanol–water partition coefficient (Wildman–Crippen LogP) is 5.83. The van der Waals surface area contributed by atoms with Crippen LogP contribution in [0.25, 0.3) is 16.8 Å². The van der Waals surface area contributed by atoms with E-state index in [1.807, 2.05) is 24.3 Å². The molecule has 3 N–H and O–H groups in total. The second-order valence-electron chi connectivity index (χ2n) is 11.4. The van der Waals surface area contributed by atoms with Gasteiger partial charge in [0, 0.05) is 48.4 Å². The summed E-state index contributed by atoms with van der Waals surface area (Å²) in [4.78, 5) is 15.6. The van der Waals surface area contributed by atoms with Gasteiger partial charge in [0.2, 0.25) is 5.91 Å². The topological polar surface area (TPSA) is 114 Å². The Morgan fingerprint density at radius 2 is 1.68 bits per heavy atom. The maximum absolute atomic E-state index is 14.1. The Morgan fingerprint density at radius 1 is 1.02 bits per heavy atom. The molecular formula is C30H33F2N5O3S. The van der Waals surface area contributed by atoms with Gasteiger partial charge >= 0.3 is 0 Å². The molecule has 3 aromatic rings. The van der Waals surface area contributed by atoms with Crippen LogP contribution in [-0.4, -0.2) is 54.9 Å². The minimum Gasteiger partial charge on any atom is -0.368 e. The zero-order chi connectivity index (χ0) is 28.8. The van der Waals surface area contributed by atoms with Gasteiger partial charge < -0.3 is 10.2 Å². The Hall–Kier alpha value is -3.46. The second kappa shape index (κ2) is 10.7. The molecule has 41 heavy (non-hydrogen) atoms. The Kier molecular flexibility index (Phi) is 7.26. The third-order valence-electron chi connectivity index (χ3n) is 8.55. The molecular weight excluding hydrogens is 548 g/mol. The maximum atomic E-state index is 14.1. The van der Waals surface area contributed by atoms with E-state index >= 15 is 0 Å². The molecule has 216 valence electrons. The van der Waals surface area contributed by atoms with Crippen LogP contribution in [-0.2, 0) is 4.79 Å². The smallest absolute Gasteiger partial charge is 0.225 e. The fourth-order valence-corrected chi connectivity index (χ4v) is 7.24. The number of rotatable bonds is 6. The minimum atomic E-state index is -2.50. The van der Waals surface area contributed by atoms with Crippen LogP contribution < -0.4 is 10.2 Å². The standard InChI is InChI=1S/C30H33F2N5O3S/c31-21-15-22(32)17-24(16-21)37-18-27(20-5-7-23(8-6-20)36-11-13-41(39,40)14-12-36)28(35-37)25-3-1-2-4-26(25)29(38)34-30(19-33)9-10-30/h5-8,15-18,25-26,39-40H,1-4,9-14H2,(H,34,38)/t25-,26-/m1/s1. The van der Waals surface area contributed by atoms with E-state index in [-0.39, 0.29) is 23.4 Å². The van der Waals surface area contributed by atoms with Crippen LogP contribution in [0.4, 0.5) is 14.5 Å². The van der Waals surface area contributed by atoms with E-state index in [0.717, 1.165) is 42.1 Å². The molecule has 3 fully saturated rings. The van der Waals surface area contributed by atoms with Crippen LogP contribution in [0, 0.1) is 28.9 Å². The maximum Gasteiger partial charge on any atom is 0.225 e. The second-order valence-corrected chi connectivity index (χ2v) is 13.8. The number of carbonyl (C=O) groups excluding carboxylic acids is 1. The Bertz CT molecular complexity index is 1470. The molecule has 2 aliphatic carbocycles. The molecule has 1 saturated heterocycles. The van der Waals surface area contributed by atoms with Crippen molar-refractivity contribution in [2.24, 2.45) is 5.92 Å². The molecule has 0 radical (unpaired) electrons. The lowest BCUT2D eigenvalue weighted by atomic mass is 9.75. The van der Waals surface area contributed by atoms with E-state index in [0.29, 0.717) is 49.6 Å². The number of hydrogen-bond donors (Lipinski definition) is 3. The summed E-state index contributed by atoms with van der Waals surface area (Å²) in [6.45, 7) is 1.11. The Labute approximate surface area is 239 Å². The number of nitrogens with zero attached hydrogens (tertiary/aromatic N) is 4. The monoisotopic (exact) mass is 581 g/mol. The molecule has 11 heteroatoms. The summed E-state index contributed by atoms with van der Waals surface area (Å²) in [6, 6.07) is 13.4. The summed E-state index contributed by atoms with van der Waals surface area (Å²) in [6.07, 6.45) is 6.29. The van der Waals surface area contributed by atoms with E-state index in [9.17, 15) is 27.9 Å². The van der Waals surface area contributed by atoms with Gasteiger partial charge in [-0.3, -0.25) is 13.9 Å². The van der Waals surface area contributed by atoms with Crippen LogP contribution in [0.3, 0.4) is 0 Å². The van der Waals surface area contributed by atoms with Gasteiger partial charge in [0.05, 0.1) is 29.0 Å². The predicted molar refractivity (Wildman–Crippen MR) is 154 cm³/mol. The average Bonchev–Trinajstić information content (AvgIpc) is 3.59. The van der Waals surface area contributed by atoms with E-state index < -0.39 is 27.8 Å². The van der Waals surface area contributed by atoms with E-state index in [4.69, 9.17) is 5.10 Å². The number of nitrogens with one attached hydrogen (secondary N) is 1. The van der Waals surface area contributed by atoms with Crippen LogP contribution in [0.15, 0.2) is 48.7 Å². The largest absolute Gasteiger partial charge is 0.368 e. The van der Waals surface area contributed by atoms with E-state index in [1.54, 1.807) is 6.20 Å². The number of nitriles is 1. The van der Waals surface area contributed by atoms with Gasteiger partial charge in [-0.05, 0) is 55.5 Å². The first-order valence-electron chi connectivity index (χ1n) is 14.0. The number of aromatic nitrogens is 2. The van der Waals surface area contributed by atoms with Crippen molar-refractivity contribution in [1.29, 1.82) is 5.26 Å². The SMILES string of the molecule is N#CC1(NC(=O)[C@@H]2CCCC[C@H]2c2nn(-c3cc(F)cc(F)c3)cc2-c2ccc(N3CCS(O)(O)CC3)cc2)CC1. The first-order chi connectivity index (χ1) is 19.7. The molecule has 2 saturated carbocycles. The lowest BCUT2D eigenvalue weighted by Crippen LogP contribution is -2.42. The Balaban J connectivity index is 1.36. The molecule has 2 heterocycles. The van der Waals surface area contributed by atoms with Crippen LogP contribution >= 0.6 is 10.6 Å². The molecule has 6 rings (SSSR count). The zero-order valence-electron chi connectivity index (χ0n) is 22.6. The van der Waals surface area contributed by atoms with Crippen molar-refractivity contribution in [1.82, 2.24) is 15.1 Å². The van der Waals surface area contributed by atoms with Gasteiger partial charge in [0.15, 0.2) is 0 Å².